The second-order valence-corrected chi connectivity index (χ2v) is 26.8. The molecule has 1 nitrogen and oxygen atoms in total. The Bertz CT molecular complexity index is 850. The molecule has 238 valence electrons. The van der Waals surface area contributed by atoms with Gasteiger partial charge >= 0.3 is 262 Å². The van der Waals surface area contributed by atoms with Gasteiger partial charge in [0.25, 0.3) is 0 Å². The van der Waals surface area contributed by atoms with E-state index >= 15 is 0 Å². The fourth-order valence-corrected chi connectivity index (χ4v) is 23.0. The van der Waals surface area contributed by atoms with E-state index in [9.17, 15) is 0 Å². The first kappa shape index (κ1) is 37.4. The SMILES string of the molecule is CCCCCCCCCCCC[CH](c1ccccc1)[Sn]([CH2]CCCCCCCCCCC)([CH2]c1ccccc1)[N](C)C. The predicted octanol–water partition coefficient (Wildman–Crippen LogP) is 12.8. The molecule has 0 saturated heterocycles. The van der Waals surface area contributed by atoms with Gasteiger partial charge in [-0.05, 0) is 0 Å². The Morgan fingerprint density at radius 1 is 0.500 bits per heavy atom. The zero-order valence-electron chi connectivity index (χ0n) is 28.6. The van der Waals surface area contributed by atoms with E-state index in [1.807, 2.05) is 0 Å². The molecule has 0 spiro atoms. The standard InChI is InChI=1S/C19H31.C12H25.C7H7.C2H6N.Sn/c1-2-3-4-5-6-7-8-9-10-11-13-16-19-17-14-12-15-18-19;1-3-5-7-9-11-12-10-8-6-4-2;1-7-5-3-2-4-6-7;1-3-2;/h12,14-18H,2-11,13H2,1H3;1,3-12H2,2H3;2-6H,1H2;1-2H3;/q;;;-1;+1. The summed E-state index contributed by atoms with van der Waals surface area (Å²) < 4.78 is 6.44. The third-order valence-electron chi connectivity index (χ3n) is 9.90. The van der Waals surface area contributed by atoms with E-state index in [0.717, 1.165) is 3.93 Å². The van der Waals surface area contributed by atoms with Gasteiger partial charge in [-0.25, -0.2) is 0 Å². The van der Waals surface area contributed by atoms with Crippen LogP contribution in [0.4, 0.5) is 0 Å². The second-order valence-electron chi connectivity index (χ2n) is 13.5. The van der Waals surface area contributed by atoms with E-state index < -0.39 is 18.7 Å². The summed E-state index contributed by atoms with van der Waals surface area (Å²) in [6.45, 7) is 4.63. The topological polar surface area (TPSA) is 3.24 Å². The Kier molecular flexibility index (Phi) is 21.8. The first-order chi connectivity index (χ1) is 20.6. The molecule has 2 rings (SSSR count). The molecule has 2 aromatic rings. The van der Waals surface area contributed by atoms with E-state index in [-0.39, 0.29) is 0 Å². The molecular weight excluding hydrogens is 613 g/mol. The third kappa shape index (κ3) is 15.3. The van der Waals surface area contributed by atoms with Crippen LogP contribution in [0.25, 0.3) is 0 Å². The summed E-state index contributed by atoms with van der Waals surface area (Å²) in [5.41, 5.74) is 3.22. The molecule has 0 aliphatic carbocycles. The summed E-state index contributed by atoms with van der Waals surface area (Å²) >= 11 is -2.85. The van der Waals surface area contributed by atoms with Gasteiger partial charge in [-0.3, -0.25) is 0 Å². The fraction of sp³-hybridized carbons (Fsp3) is 0.700. The molecule has 0 fully saturated rings. The van der Waals surface area contributed by atoms with Crippen LogP contribution >= 0.6 is 0 Å². The number of unbranched alkanes of at least 4 members (excludes halogenated alkanes) is 18. The van der Waals surface area contributed by atoms with Gasteiger partial charge in [0.2, 0.25) is 0 Å². The number of rotatable bonds is 27. The Balaban J connectivity index is 2.04. The molecule has 0 bridgehead atoms. The fourth-order valence-electron chi connectivity index (χ4n) is 7.21. The van der Waals surface area contributed by atoms with Crippen molar-refractivity contribution < 1.29 is 0 Å². The number of nitrogens with zero attached hydrogens (tertiary/aromatic N) is 1. The van der Waals surface area contributed by atoms with Gasteiger partial charge < -0.3 is 0 Å². The zero-order chi connectivity index (χ0) is 30.1. The van der Waals surface area contributed by atoms with Crippen LogP contribution in [0, 0.1) is 0 Å². The van der Waals surface area contributed by atoms with Crippen molar-refractivity contribution in [1.29, 1.82) is 0 Å². The van der Waals surface area contributed by atoms with Crippen molar-refractivity contribution in [3.8, 4) is 0 Å². The summed E-state index contributed by atoms with van der Waals surface area (Å²) in [7, 11) is 4.92. The molecule has 0 aliphatic heterocycles. The van der Waals surface area contributed by atoms with E-state index in [4.69, 9.17) is 0 Å². The van der Waals surface area contributed by atoms with E-state index in [1.54, 1.807) is 11.1 Å². The number of hydrogen-bond donors (Lipinski definition) is 0. The number of benzene rings is 2. The van der Waals surface area contributed by atoms with Gasteiger partial charge in [0.15, 0.2) is 0 Å². The van der Waals surface area contributed by atoms with Crippen molar-refractivity contribution in [2.45, 2.75) is 161 Å². The van der Waals surface area contributed by atoms with Crippen molar-refractivity contribution in [3.63, 3.8) is 0 Å². The van der Waals surface area contributed by atoms with Crippen LogP contribution in [0.3, 0.4) is 0 Å². The zero-order valence-corrected chi connectivity index (χ0v) is 31.4. The van der Waals surface area contributed by atoms with Crippen LogP contribution in [-0.2, 0) is 4.44 Å². The van der Waals surface area contributed by atoms with Crippen molar-refractivity contribution >= 4 is 18.7 Å². The maximum absolute atomic E-state index is 2.85. The molecule has 0 aliphatic rings. The Hall–Kier alpha value is -0.801. The Morgan fingerprint density at radius 2 is 0.905 bits per heavy atom. The predicted molar refractivity (Wildman–Crippen MR) is 192 cm³/mol. The summed E-state index contributed by atoms with van der Waals surface area (Å²) in [5, 5.41) is 0. The monoisotopic (exact) mass is 683 g/mol. The Morgan fingerprint density at radius 3 is 1.36 bits per heavy atom. The molecule has 0 radical (unpaired) electrons. The summed E-state index contributed by atoms with van der Waals surface area (Å²) in [6, 6.07) is 23.3. The first-order valence-corrected chi connectivity index (χ1v) is 25.4. The van der Waals surface area contributed by atoms with Crippen molar-refractivity contribution in [2.24, 2.45) is 0 Å². The Labute approximate surface area is 267 Å². The third-order valence-corrected chi connectivity index (χ3v) is 26.9. The average Bonchev–Trinajstić information content (AvgIpc) is 3.01. The average molecular weight is 683 g/mol. The van der Waals surface area contributed by atoms with Crippen molar-refractivity contribution in [1.82, 2.24) is 3.12 Å². The second kappa shape index (κ2) is 24.5. The normalized spacial score (nSPS) is 13.8. The molecule has 0 N–H and O–H groups in total. The molecule has 0 amide bonds. The molecule has 0 heterocycles. The van der Waals surface area contributed by atoms with Crippen molar-refractivity contribution in [3.05, 3.63) is 71.8 Å². The van der Waals surface area contributed by atoms with Gasteiger partial charge in [-0.1, -0.05) is 6.92 Å². The minimum atomic E-state index is -2.85. The molecule has 42 heavy (non-hydrogen) atoms. The van der Waals surface area contributed by atoms with Crippen LogP contribution in [0.15, 0.2) is 60.7 Å². The van der Waals surface area contributed by atoms with Gasteiger partial charge in [0.05, 0.1) is 0 Å². The molecule has 2 heteroatoms. The summed E-state index contributed by atoms with van der Waals surface area (Å²) in [4.78, 5) is 0. The quantitative estimate of drug-likeness (QED) is 0.0670. The van der Waals surface area contributed by atoms with E-state index in [2.05, 4.69) is 91.7 Å². The van der Waals surface area contributed by atoms with Crippen LogP contribution in [0.5, 0.6) is 0 Å². The maximum atomic E-state index is 2.84. The molecule has 0 saturated carbocycles. The van der Waals surface area contributed by atoms with Gasteiger partial charge in [-0.15, -0.1) is 0 Å². The van der Waals surface area contributed by atoms with Gasteiger partial charge in [-0.2, -0.15) is 0 Å². The van der Waals surface area contributed by atoms with Crippen LogP contribution in [0.2, 0.25) is 4.44 Å². The summed E-state index contributed by atoms with van der Waals surface area (Å²) in [5.74, 6) is 0. The van der Waals surface area contributed by atoms with Crippen LogP contribution in [0.1, 0.15) is 164 Å². The van der Waals surface area contributed by atoms with Crippen LogP contribution < -0.4 is 0 Å². The molecular formula is C40H69NSn. The van der Waals surface area contributed by atoms with Crippen molar-refractivity contribution in [2.75, 3.05) is 14.1 Å². The van der Waals surface area contributed by atoms with E-state index in [1.165, 1.54) is 144 Å². The summed E-state index contributed by atoms with van der Waals surface area (Å²) in [6.07, 6.45) is 29.9. The van der Waals surface area contributed by atoms with Gasteiger partial charge in [0.1, 0.15) is 0 Å². The van der Waals surface area contributed by atoms with Crippen LogP contribution in [-0.4, -0.2) is 35.9 Å². The molecule has 2 unspecified atom stereocenters. The van der Waals surface area contributed by atoms with E-state index in [0.29, 0.717) is 0 Å². The first-order valence-electron chi connectivity index (χ1n) is 18.4. The minimum absolute atomic E-state index is 0.767. The molecule has 0 aromatic heterocycles. The number of hydrogen-bond acceptors (Lipinski definition) is 1. The van der Waals surface area contributed by atoms with Gasteiger partial charge in [0, 0.05) is 0 Å². The molecule has 2 aromatic carbocycles. The molecule has 2 atom stereocenters.